The third-order valence-corrected chi connectivity index (χ3v) is 4.36. The Hall–Kier alpha value is -1.22. The molecule has 2 rings (SSSR count). The molecule has 2 N–H and O–H groups in total. The second-order valence-corrected chi connectivity index (χ2v) is 6.32. The molecule has 1 aromatic carbocycles. The van der Waals surface area contributed by atoms with E-state index < -0.39 is 0 Å². The van der Waals surface area contributed by atoms with Crippen LogP contribution in [-0.2, 0) is 11.3 Å². The highest BCUT2D eigenvalue weighted by molar-refractivity contribution is 14.0. The lowest BCUT2D eigenvalue weighted by Crippen LogP contribution is -2.39. The number of guanidine groups is 1. The molecule has 1 saturated carbocycles. The second-order valence-electron chi connectivity index (χ2n) is 6.32. The van der Waals surface area contributed by atoms with Crippen molar-refractivity contribution in [3.63, 3.8) is 0 Å². The number of nitrogens with one attached hydrogen (secondary N) is 2. The fourth-order valence-corrected chi connectivity index (χ4v) is 2.98. The minimum absolute atomic E-state index is 0. The first-order valence-electron chi connectivity index (χ1n) is 9.70. The summed E-state index contributed by atoms with van der Waals surface area (Å²) < 4.78 is 17.0. The van der Waals surface area contributed by atoms with Crippen molar-refractivity contribution in [2.45, 2.75) is 52.2 Å². The third kappa shape index (κ3) is 8.55. The van der Waals surface area contributed by atoms with Crippen molar-refractivity contribution >= 4 is 29.9 Å². The molecule has 7 heteroatoms. The Morgan fingerprint density at radius 2 is 1.96 bits per heavy atom. The van der Waals surface area contributed by atoms with Gasteiger partial charge in [-0.3, -0.25) is 0 Å². The number of hydrogen-bond acceptors (Lipinski definition) is 4. The SMILES string of the molecule is CCNC(=NCc1ccc(OC)cc1OC1CCCC1)NCCOCC.I. The van der Waals surface area contributed by atoms with Crippen LogP contribution in [0.15, 0.2) is 23.2 Å². The smallest absolute Gasteiger partial charge is 0.191 e. The minimum atomic E-state index is 0. The monoisotopic (exact) mass is 491 g/mol. The van der Waals surface area contributed by atoms with Crippen molar-refractivity contribution in [2.24, 2.45) is 4.99 Å². The first-order valence-corrected chi connectivity index (χ1v) is 9.70. The Morgan fingerprint density at radius 1 is 1.19 bits per heavy atom. The van der Waals surface area contributed by atoms with Gasteiger partial charge in [0.15, 0.2) is 5.96 Å². The van der Waals surface area contributed by atoms with Gasteiger partial charge in [0.25, 0.3) is 0 Å². The van der Waals surface area contributed by atoms with Crippen LogP contribution in [0.1, 0.15) is 45.1 Å². The van der Waals surface area contributed by atoms with Gasteiger partial charge in [0.1, 0.15) is 11.5 Å². The lowest BCUT2D eigenvalue weighted by molar-refractivity contribution is 0.152. The number of hydrogen-bond donors (Lipinski definition) is 2. The molecule has 0 saturated heterocycles. The molecule has 0 spiro atoms. The first-order chi connectivity index (χ1) is 12.8. The Morgan fingerprint density at radius 3 is 2.63 bits per heavy atom. The Bertz CT molecular complexity index is 563. The van der Waals surface area contributed by atoms with E-state index in [1.807, 2.05) is 25.1 Å². The summed E-state index contributed by atoms with van der Waals surface area (Å²) in [6.07, 6.45) is 5.05. The standard InChI is InChI=1S/C20H33N3O3.HI/c1-4-21-20(22-12-13-25-5-2)23-15-16-10-11-18(24-3)14-19(16)26-17-8-6-7-9-17;/h10-11,14,17H,4-9,12-13,15H2,1-3H3,(H2,21,22,23);1H. The van der Waals surface area contributed by atoms with Crippen molar-refractivity contribution in [3.05, 3.63) is 23.8 Å². The predicted molar refractivity (Wildman–Crippen MR) is 121 cm³/mol. The second kappa shape index (κ2) is 13.9. The largest absolute Gasteiger partial charge is 0.497 e. The molecule has 0 amide bonds. The van der Waals surface area contributed by atoms with Gasteiger partial charge >= 0.3 is 0 Å². The van der Waals surface area contributed by atoms with Crippen LogP contribution in [0.2, 0.25) is 0 Å². The average Bonchev–Trinajstić information content (AvgIpc) is 3.17. The van der Waals surface area contributed by atoms with Crippen molar-refractivity contribution in [2.75, 3.05) is 33.4 Å². The topological polar surface area (TPSA) is 64.1 Å². The first kappa shape index (κ1) is 23.8. The third-order valence-electron chi connectivity index (χ3n) is 4.36. The quantitative estimate of drug-likeness (QED) is 0.226. The van der Waals surface area contributed by atoms with Crippen LogP contribution in [0, 0.1) is 0 Å². The minimum Gasteiger partial charge on any atom is -0.497 e. The highest BCUT2D eigenvalue weighted by atomic mass is 127. The van der Waals surface area contributed by atoms with Crippen LogP contribution < -0.4 is 20.1 Å². The summed E-state index contributed by atoms with van der Waals surface area (Å²) in [5.74, 6) is 2.48. The van der Waals surface area contributed by atoms with Gasteiger partial charge in [0.05, 0.1) is 26.4 Å². The van der Waals surface area contributed by atoms with Crippen molar-refractivity contribution in [1.29, 1.82) is 0 Å². The van der Waals surface area contributed by atoms with E-state index in [0.717, 1.165) is 55.6 Å². The number of ether oxygens (including phenoxy) is 3. The van der Waals surface area contributed by atoms with Crippen molar-refractivity contribution in [1.82, 2.24) is 10.6 Å². The maximum atomic E-state index is 6.24. The summed E-state index contributed by atoms with van der Waals surface area (Å²) in [4.78, 5) is 4.69. The molecule has 0 aliphatic heterocycles. The summed E-state index contributed by atoms with van der Waals surface area (Å²) in [7, 11) is 1.68. The number of aliphatic imine (C=N–C) groups is 1. The normalized spacial score (nSPS) is 14.6. The molecule has 0 aromatic heterocycles. The van der Waals surface area contributed by atoms with E-state index in [4.69, 9.17) is 19.2 Å². The van der Waals surface area contributed by atoms with Crippen molar-refractivity contribution in [3.8, 4) is 11.5 Å². The highest BCUT2D eigenvalue weighted by Gasteiger charge is 2.18. The van der Waals surface area contributed by atoms with Crippen LogP contribution in [0.3, 0.4) is 0 Å². The molecule has 0 heterocycles. The zero-order valence-corrected chi connectivity index (χ0v) is 19.1. The van der Waals surface area contributed by atoms with E-state index >= 15 is 0 Å². The maximum Gasteiger partial charge on any atom is 0.191 e. The van der Waals surface area contributed by atoms with E-state index in [9.17, 15) is 0 Å². The lowest BCUT2D eigenvalue weighted by Gasteiger charge is -2.17. The number of rotatable bonds is 10. The van der Waals surface area contributed by atoms with Gasteiger partial charge in [0.2, 0.25) is 0 Å². The highest BCUT2D eigenvalue weighted by Crippen LogP contribution is 2.30. The number of methoxy groups -OCH3 is 1. The molecular weight excluding hydrogens is 457 g/mol. The zero-order valence-electron chi connectivity index (χ0n) is 16.8. The lowest BCUT2D eigenvalue weighted by atomic mass is 10.2. The average molecular weight is 491 g/mol. The molecule has 0 radical (unpaired) electrons. The number of nitrogens with zero attached hydrogens (tertiary/aromatic N) is 1. The van der Waals surface area contributed by atoms with E-state index in [1.165, 1.54) is 12.8 Å². The van der Waals surface area contributed by atoms with Gasteiger partial charge in [-0.1, -0.05) is 0 Å². The van der Waals surface area contributed by atoms with E-state index in [0.29, 0.717) is 19.3 Å². The molecule has 1 aliphatic carbocycles. The van der Waals surface area contributed by atoms with Crippen LogP contribution in [0.5, 0.6) is 11.5 Å². The van der Waals surface area contributed by atoms with E-state index in [2.05, 4.69) is 17.6 Å². The number of halogens is 1. The Labute approximate surface area is 180 Å². The maximum absolute atomic E-state index is 6.24. The van der Waals surface area contributed by atoms with E-state index in [1.54, 1.807) is 7.11 Å². The van der Waals surface area contributed by atoms with Gasteiger partial charge in [0, 0.05) is 31.3 Å². The summed E-state index contributed by atoms with van der Waals surface area (Å²) in [6, 6.07) is 5.97. The molecule has 6 nitrogen and oxygen atoms in total. The van der Waals surface area contributed by atoms with Crippen molar-refractivity contribution < 1.29 is 14.2 Å². The molecular formula is C20H34IN3O3. The summed E-state index contributed by atoms with van der Waals surface area (Å²) >= 11 is 0. The van der Waals surface area contributed by atoms with Crippen LogP contribution in [0.25, 0.3) is 0 Å². The van der Waals surface area contributed by atoms with E-state index in [-0.39, 0.29) is 24.0 Å². The molecule has 154 valence electrons. The fourth-order valence-electron chi connectivity index (χ4n) is 2.98. The fraction of sp³-hybridized carbons (Fsp3) is 0.650. The molecule has 0 atom stereocenters. The Kier molecular flexibility index (Phi) is 12.2. The Balaban J connectivity index is 0.00000364. The molecule has 1 aliphatic rings. The van der Waals surface area contributed by atoms with Gasteiger partial charge < -0.3 is 24.8 Å². The van der Waals surface area contributed by atoms with Crippen LogP contribution in [0.4, 0.5) is 0 Å². The van der Waals surface area contributed by atoms with Gasteiger partial charge in [-0.25, -0.2) is 4.99 Å². The predicted octanol–water partition coefficient (Wildman–Crippen LogP) is 3.73. The molecule has 0 unspecified atom stereocenters. The number of benzene rings is 1. The molecule has 1 aromatic rings. The van der Waals surface area contributed by atoms with Gasteiger partial charge in [-0.05, 0) is 51.7 Å². The molecule has 1 fully saturated rings. The summed E-state index contributed by atoms with van der Waals surface area (Å²) in [6.45, 7) is 7.54. The summed E-state index contributed by atoms with van der Waals surface area (Å²) in [5, 5.41) is 6.55. The molecule has 27 heavy (non-hydrogen) atoms. The van der Waals surface area contributed by atoms with Crippen LogP contribution in [-0.4, -0.2) is 45.5 Å². The summed E-state index contributed by atoms with van der Waals surface area (Å²) in [5.41, 5.74) is 1.07. The van der Waals surface area contributed by atoms with Gasteiger partial charge in [-0.15, -0.1) is 24.0 Å². The van der Waals surface area contributed by atoms with Gasteiger partial charge in [-0.2, -0.15) is 0 Å². The van der Waals surface area contributed by atoms with Crippen LogP contribution >= 0.6 is 24.0 Å². The molecule has 0 bridgehead atoms. The zero-order chi connectivity index (χ0) is 18.6.